The third kappa shape index (κ3) is 3.73. The first-order valence-corrected chi connectivity index (χ1v) is 9.31. The first kappa shape index (κ1) is 16.0. The van der Waals surface area contributed by atoms with Gasteiger partial charge in [0.15, 0.2) is 0 Å². The van der Waals surface area contributed by atoms with Crippen LogP contribution in [0, 0.1) is 0 Å². The van der Waals surface area contributed by atoms with Crippen molar-refractivity contribution in [2.24, 2.45) is 0 Å². The second-order valence-corrected chi connectivity index (χ2v) is 7.23. The molecule has 1 aliphatic heterocycles. The number of thiazole rings is 1. The Kier molecular flexibility index (Phi) is 4.97. The van der Waals surface area contributed by atoms with Crippen molar-refractivity contribution in [3.63, 3.8) is 0 Å². The maximum atomic E-state index is 12.5. The van der Waals surface area contributed by atoms with Crippen molar-refractivity contribution in [3.05, 3.63) is 40.3 Å². The van der Waals surface area contributed by atoms with Gasteiger partial charge in [0.25, 0.3) is 5.91 Å². The van der Waals surface area contributed by atoms with E-state index < -0.39 is 0 Å². The van der Waals surface area contributed by atoms with Gasteiger partial charge in [-0.1, -0.05) is 6.92 Å². The number of fused-ring (bicyclic) bond motifs is 1. The van der Waals surface area contributed by atoms with Gasteiger partial charge in [0.05, 0.1) is 11.7 Å². The second kappa shape index (κ2) is 7.14. The molecule has 120 valence electrons. The number of benzene rings is 1. The topological polar surface area (TPSA) is 71.1 Å². The largest absolute Gasteiger partial charge is 0.343 e. The van der Waals surface area contributed by atoms with Gasteiger partial charge in [0, 0.05) is 34.2 Å². The summed E-state index contributed by atoms with van der Waals surface area (Å²) in [6, 6.07) is 5.35. The van der Waals surface area contributed by atoms with Crippen LogP contribution in [-0.4, -0.2) is 22.6 Å². The average molecular weight is 347 g/mol. The maximum Gasteiger partial charge on any atom is 0.251 e. The van der Waals surface area contributed by atoms with Crippen LogP contribution in [0.3, 0.4) is 0 Å². The van der Waals surface area contributed by atoms with Crippen molar-refractivity contribution in [3.8, 4) is 0 Å². The summed E-state index contributed by atoms with van der Waals surface area (Å²) >= 11 is 3.16. The van der Waals surface area contributed by atoms with Crippen LogP contribution in [0.5, 0.6) is 0 Å². The van der Waals surface area contributed by atoms with Gasteiger partial charge >= 0.3 is 0 Å². The third-order valence-electron chi connectivity index (χ3n) is 3.57. The van der Waals surface area contributed by atoms with Gasteiger partial charge in [-0.2, -0.15) is 0 Å². The highest BCUT2D eigenvalue weighted by Crippen LogP contribution is 2.31. The van der Waals surface area contributed by atoms with Crippen LogP contribution in [0.1, 0.15) is 41.2 Å². The predicted molar refractivity (Wildman–Crippen MR) is 93.0 cm³/mol. The Morgan fingerprint density at radius 2 is 2.35 bits per heavy atom. The number of amides is 2. The summed E-state index contributed by atoms with van der Waals surface area (Å²) in [5, 5.41) is 8.68. The van der Waals surface area contributed by atoms with Crippen molar-refractivity contribution in [2.75, 3.05) is 11.1 Å². The summed E-state index contributed by atoms with van der Waals surface area (Å²) in [4.78, 5) is 29.5. The van der Waals surface area contributed by atoms with Gasteiger partial charge in [-0.05, 0) is 24.6 Å². The lowest BCUT2D eigenvalue weighted by Crippen LogP contribution is -2.28. The van der Waals surface area contributed by atoms with Crippen LogP contribution in [-0.2, 0) is 4.79 Å². The van der Waals surface area contributed by atoms with Crippen LogP contribution < -0.4 is 10.6 Å². The lowest BCUT2D eigenvalue weighted by Gasteiger charge is -2.15. The molecule has 0 aliphatic carbocycles. The van der Waals surface area contributed by atoms with Crippen molar-refractivity contribution in [1.29, 1.82) is 0 Å². The minimum atomic E-state index is -0.154. The number of hydrogen-bond donors (Lipinski definition) is 2. The predicted octanol–water partition coefficient (Wildman–Crippen LogP) is 3.46. The minimum absolute atomic E-state index is 0.0111. The molecule has 0 fully saturated rings. The molecule has 1 unspecified atom stereocenters. The van der Waals surface area contributed by atoms with E-state index in [0.29, 0.717) is 17.7 Å². The molecule has 1 atom stereocenters. The van der Waals surface area contributed by atoms with Gasteiger partial charge in [0.1, 0.15) is 5.01 Å². The van der Waals surface area contributed by atoms with Crippen LogP contribution in [0.15, 0.2) is 34.7 Å². The van der Waals surface area contributed by atoms with Crippen molar-refractivity contribution >= 4 is 40.6 Å². The molecule has 1 aliphatic rings. The molecule has 0 saturated carbocycles. The molecule has 23 heavy (non-hydrogen) atoms. The first-order valence-electron chi connectivity index (χ1n) is 7.44. The highest BCUT2D eigenvalue weighted by molar-refractivity contribution is 7.99. The van der Waals surface area contributed by atoms with Gasteiger partial charge < -0.3 is 10.6 Å². The summed E-state index contributed by atoms with van der Waals surface area (Å²) in [5.41, 5.74) is 1.26. The smallest absolute Gasteiger partial charge is 0.251 e. The number of hydrogen-bond acceptors (Lipinski definition) is 5. The molecule has 0 radical (unpaired) electrons. The fourth-order valence-corrected chi connectivity index (χ4v) is 4.06. The fourth-order valence-electron chi connectivity index (χ4n) is 2.35. The summed E-state index contributed by atoms with van der Waals surface area (Å²) < 4.78 is 0. The minimum Gasteiger partial charge on any atom is -0.343 e. The Hall–Kier alpha value is -1.86. The van der Waals surface area contributed by atoms with Gasteiger partial charge in [-0.15, -0.1) is 23.1 Å². The Balaban J connectivity index is 1.78. The van der Waals surface area contributed by atoms with E-state index >= 15 is 0 Å². The monoisotopic (exact) mass is 347 g/mol. The molecule has 2 amide bonds. The lowest BCUT2D eigenvalue weighted by atomic mass is 10.1. The number of carbonyl (C=O) groups excluding carboxylic acids is 2. The Labute approximate surface area is 142 Å². The molecule has 2 aromatic rings. The van der Waals surface area contributed by atoms with Crippen molar-refractivity contribution < 1.29 is 9.59 Å². The number of nitrogens with one attached hydrogen (secondary N) is 2. The van der Waals surface area contributed by atoms with E-state index in [-0.39, 0.29) is 17.9 Å². The number of anilines is 1. The molecule has 0 bridgehead atoms. The highest BCUT2D eigenvalue weighted by atomic mass is 32.2. The molecule has 1 aromatic carbocycles. The fraction of sp³-hybridized carbons (Fsp3) is 0.312. The molecule has 5 nitrogen and oxygen atoms in total. The van der Waals surface area contributed by atoms with Crippen LogP contribution >= 0.6 is 23.1 Å². The Bertz CT molecular complexity index is 716. The third-order valence-corrected chi connectivity index (χ3v) is 5.53. The average Bonchev–Trinajstić information content (AvgIpc) is 3.01. The van der Waals surface area contributed by atoms with Gasteiger partial charge in [0.2, 0.25) is 5.91 Å². The molecule has 2 heterocycles. The molecule has 3 rings (SSSR count). The van der Waals surface area contributed by atoms with Gasteiger partial charge in [-0.3, -0.25) is 9.59 Å². The number of thioether (sulfide) groups is 1. The van der Waals surface area contributed by atoms with E-state index in [2.05, 4.69) is 15.6 Å². The van der Waals surface area contributed by atoms with Crippen LogP contribution in [0.4, 0.5) is 5.69 Å². The highest BCUT2D eigenvalue weighted by Gasteiger charge is 2.19. The lowest BCUT2D eigenvalue weighted by molar-refractivity contribution is -0.115. The van der Waals surface area contributed by atoms with E-state index in [1.54, 1.807) is 30.1 Å². The van der Waals surface area contributed by atoms with E-state index in [9.17, 15) is 9.59 Å². The van der Waals surface area contributed by atoms with E-state index in [4.69, 9.17) is 0 Å². The number of nitrogens with zero attached hydrogens (tertiary/aromatic N) is 1. The zero-order valence-electron chi connectivity index (χ0n) is 12.7. The SMILES string of the molecule is CCC(NC(=O)c1ccc2c(c1)NC(=O)CCS2)c1nccs1. The molecular weight excluding hydrogens is 330 g/mol. The molecule has 0 saturated heterocycles. The van der Waals surface area contributed by atoms with Gasteiger partial charge in [-0.25, -0.2) is 4.98 Å². The van der Waals surface area contributed by atoms with E-state index in [1.165, 1.54) is 11.3 Å². The zero-order chi connectivity index (χ0) is 16.2. The molecular formula is C16H17N3O2S2. The summed E-state index contributed by atoms with van der Waals surface area (Å²) in [5.74, 6) is 0.591. The molecule has 2 N–H and O–H groups in total. The summed E-state index contributed by atoms with van der Waals surface area (Å²) in [6.07, 6.45) is 3.00. The number of carbonyl (C=O) groups is 2. The van der Waals surface area contributed by atoms with Crippen LogP contribution in [0.2, 0.25) is 0 Å². The second-order valence-electron chi connectivity index (χ2n) is 5.16. The quantitative estimate of drug-likeness (QED) is 0.888. The Morgan fingerprint density at radius 3 is 3.09 bits per heavy atom. The molecule has 7 heteroatoms. The molecule has 1 aromatic heterocycles. The Morgan fingerprint density at radius 1 is 1.48 bits per heavy atom. The summed E-state index contributed by atoms with van der Waals surface area (Å²) in [7, 11) is 0. The first-order chi connectivity index (χ1) is 11.2. The summed E-state index contributed by atoms with van der Waals surface area (Å²) in [6.45, 7) is 2.01. The standard InChI is InChI=1S/C16H17N3O2S2/c1-2-11(16-17-6-8-23-16)19-15(21)10-3-4-13-12(9-10)18-14(20)5-7-22-13/h3-4,6,8-9,11H,2,5,7H2,1H3,(H,18,20)(H,19,21). The van der Waals surface area contributed by atoms with Crippen molar-refractivity contribution in [1.82, 2.24) is 10.3 Å². The van der Waals surface area contributed by atoms with E-state index in [0.717, 1.165) is 22.1 Å². The molecule has 0 spiro atoms. The van der Waals surface area contributed by atoms with Crippen molar-refractivity contribution in [2.45, 2.75) is 30.7 Å². The van der Waals surface area contributed by atoms with Crippen LogP contribution in [0.25, 0.3) is 0 Å². The maximum absolute atomic E-state index is 12.5. The zero-order valence-corrected chi connectivity index (χ0v) is 14.3. The number of aromatic nitrogens is 1. The number of rotatable bonds is 4. The van der Waals surface area contributed by atoms with E-state index in [1.807, 2.05) is 18.4 Å². The normalized spacial score (nSPS) is 15.3.